The van der Waals surface area contributed by atoms with Crippen LogP contribution in [0.3, 0.4) is 0 Å². The molecular formula is C19H25BrO. The molecule has 0 bridgehead atoms. The normalized spacial score (nSPS) is 10.8. The van der Waals surface area contributed by atoms with Crippen LogP contribution >= 0.6 is 15.9 Å². The molecule has 0 saturated heterocycles. The van der Waals surface area contributed by atoms with E-state index < -0.39 is 0 Å². The first-order valence-corrected chi connectivity index (χ1v) is 8.67. The zero-order valence-electron chi connectivity index (χ0n) is 13.8. The first kappa shape index (κ1) is 17.8. The van der Waals surface area contributed by atoms with Gasteiger partial charge in [-0.1, -0.05) is 67.0 Å². The van der Waals surface area contributed by atoms with E-state index >= 15 is 0 Å². The molecule has 0 heterocycles. The van der Waals surface area contributed by atoms with Gasteiger partial charge in [-0.25, -0.2) is 0 Å². The van der Waals surface area contributed by atoms with Gasteiger partial charge in [0.2, 0.25) is 0 Å². The van der Waals surface area contributed by atoms with E-state index in [0.29, 0.717) is 5.75 Å². The minimum Gasteiger partial charge on any atom is -0.507 e. The van der Waals surface area contributed by atoms with Crippen LogP contribution in [0.15, 0.2) is 36.4 Å². The third-order valence-electron chi connectivity index (χ3n) is 3.60. The second-order valence-corrected chi connectivity index (χ2v) is 6.25. The van der Waals surface area contributed by atoms with Gasteiger partial charge in [0, 0.05) is 5.56 Å². The van der Waals surface area contributed by atoms with Crippen LogP contribution in [0.5, 0.6) is 5.75 Å². The van der Waals surface area contributed by atoms with Gasteiger partial charge < -0.3 is 5.11 Å². The number of aromatic hydroxyl groups is 1. The summed E-state index contributed by atoms with van der Waals surface area (Å²) in [6.45, 7) is 10.6. The Morgan fingerprint density at radius 2 is 1.43 bits per heavy atom. The summed E-state index contributed by atoms with van der Waals surface area (Å²) in [6, 6.07) is 12.4. The molecule has 0 aromatic heterocycles. The molecule has 0 radical (unpaired) electrons. The first-order chi connectivity index (χ1) is 9.80. The van der Waals surface area contributed by atoms with Crippen molar-refractivity contribution in [3.8, 4) is 16.9 Å². The summed E-state index contributed by atoms with van der Waals surface area (Å²) in [5, 5.41) is 10.4. The molecule has 0 aliphatic heterocycles. The number of hydrogen-bond acceptors (Lipinski definition) is 1. The van der Waals surface area contributed by atoms with Crippen LogP contribution in [0, 0.1) is 13.8 Å². The van der Waals surface area contributed by atoms with Crippen LogP contribution in [-0.4, -0.2) is 10.9 Å². The van der Waals surface area contributed by atoms with Crippen molar-refractivity contribution in [1.29, 1.82) is 0 Å². The number of halogens is 1. The lowest BCUT2D eigenvalue weighted by molar-refractivity contribution is 0.471. The molecule has 2 heteroatoms. The lowest BCUT2D eigenvalue weighted by atomic mass is 9.83. The van der Waals surface area contributed by atoms with Crippen molar-refractivity contribution in [2.75, 3.05) is 5.83 Å². The fraction of sp³-hybridized carbons (Fsp3) is 0.368. The number of alkyl halides is 1. The lowest BCUT2D eigenvalue weighted by Crippen LogP contribution is -2.11. The Morgan fingerprint density at radius 1 is 0.857 bits per heavy atom. The minimum absolute atomic E-state index is 0.0793. The summed E-state index contributed by atoms with van der Waals surface area (Å²) < 4.78 is 0. The number of aryl methyl sites for hydroxylation is 2. The number of hydrogen-bond donors (Lipinski definition) is 1. The Kier molecular flexibility index (Phi) is 6.03. The van der Waals surface area contributed by atoms with Gasteiger partial charge in [0.1, 0.15) is 5.75 Å². The summed E-state index contributed by atoms with van der Waals surface area (Å²) >= 11 is 2.94. The van der Waals surface area contributed by atoms with Crippen LogP contribution in [0.4, 0.5) is 0 Å². The number of rotatable bonds is 1. The molecule has 0 unspecified atom stereocenters. The average Bonchev–Trinajstić information content (AvgIpc) is 2.44. The molecule has 0 aliphatic carbocycles. The van der Waals surface area contributed by atoms with Crippen LogP contribution in [0.25, 0.3) is 11.1 Å². The van der Waals surface area contributed by atoms with Gasteiger partial charge in [0.25, 0.3) is 0 Å². The van der Waals surface area contributed by atoms with E-state index in [4.69, 9.17) is 0 Å². The van der Waals surface area contributed by atoms with Gasteiger partial charge in [-0.3, -0.25) is 0 Å². The molecule has 21 heavy (non-hydrogen) atoms. The first-order valence-electron chi connectivity index (χ1n) is 7.08. The molecule has 1 N–H and O–H groups in total. The van der Waals surface area contributed by atoms with Gasteiger partial charge in [-0.2, -0.15) is 0 Å². The van der Waals surface area contributed by atoms with Crippen molar-refractivity contribution in [3.63, 3.8) is 0 Å². The summed E-state index contributed by atoms with van der Waals surface area (Å²) in [4.78, 5) is 0. The quantitative estimate of drug-likeness (QED) is 0.628. The second kappa shape index (κ2) is 7.13. The molecule has 114 valence electrons. The predicted octanol–water partition coefficient (Wildman–Crippen LogP) is 5.98. The van der Waals surface area contributed by atoms with Crippen LogP contribution in [0.1, 0.15) is 37.5 Å². The van der Waals surface area contributed by atoms with Gasteiger partial charge in [0.15, 0.2) is 0 Å². The van der Waals surface area contributed by atoms with E-state index in [1.54, 1.807) is 0 Å². The van der Waals surface area contributed by atoms with Crippen molar-refractivity contribution in [2.24, 2.45) is 0 Å². The zero-order valence-corrected chi connectivity index (χ0v) is 15.4. The van der Waals surface area contributed by atoms with Gasteiger partial charge >= 0.3 is 0 Å². The topological polar surface area (TPSA) is 20.2 Å². The van der Waals surface area contributed by atoms with Gasteiger partial charge in [-0.05, 0) is 53.4 Å². The predicted molar refractivity (Wildman–Crippen MR) is 96.6 cm³/mol. The molecule has 1 nitrogen and oxygen atoms in total. The number of benzene rings is 2. The zero-order chi connectivity index (χ0) is 16.2. The number of phenolic OH excluding ortho intramolecular Hbond substituents is 1. The highest BCUT2D eigenvalue weighted by atomic mass is 79.9. The molecule has 0 atom stereocenters. The molecule has 0 amide bonds. The molecular weight excluding hydrogens is 324 g/mol. The highest BCUT2D eigenvalue weighted by molar-refractivity contribution is 9.08. The van der Waals surface area contributed by atoms with Crippen LogP contribution in [0.2, 0.25) is 0 Å². The summed E-state index contributed by atoms with van der Waals surface area (Å²) in [5.41, 5.74) is 5.49. The molecule has 0 fully saturated rings. The molecule has 0 saturated carbocycles. The second-order valence-electron chi connectivity index (χ2n) is 6.25. The van der Waals surface area contributed by atoms with E-state index in [1.165, 1.54) is 11.1 Å². The lowest BCUT2D eigenvalue weighted by Gasteiger charge is -2.22. The fourth-order valence-electron chi connectivity index (χ4n) is 2.29. The van der Waals surface area contributed by atoms with E-state index in [-0.39, 0.29) is 5.41 Å². The maximum Gasteiger partial charge on any atom is 0.126 e. The smallest absolute Gasteiger partial charge is 0.126 e. The van der Waals surface area contributed by atoms with Crippen molar-refractivity contribution < 1.29 is 5.11 Å². The van der Waals surface area contributed by atoms with E-state index in [0.717, 1.165) is 16.7 Å². The summed E-state index contributed by atoms with van der Waals surface area (Å²) in [7, 11) is 0. The summed E-state index contributed by atoms with van der Waals surface area (Å²) in [5.74, 6) is 2.20. The molecule has 2 aromatic carbocycles. The standard InChI is InChI=1S/C18H22O.CH3Br/c1-12-8-6-7-9-15(12)16-11-14(18(3,4)5)10-13(2)17(16)19;1-2/h6-11,19H,1-5H3;1H3. The Bertz CT molecular complexity index is 609. The van der Waals surface area contributed by atoms with E-state index in [9.17, 15) is 5.11 Å². The Balaban J connectivity index is 0.00000106. The van der Waals surface area contributed by atoms with E-state index in [1.807, 2.05) is 24.9 Å². The van der Waals surface area contributed by atoms with Crippen molar-refractivity contribution in [1.82, 2.24) is 0 Å². The maximum absolute atomic E-state index is 10.4. The Labute approximate surface area is 137 Å². The fourth-order valence-corrected chi connectivity index (χ4v) is 2.29. The third kappa shape index (κ3) is 4.10. The Morgan fingerprint density at radius 3 is 1.95 bits per heavy atom. The van der Waals surface area contributed by atoms with Crippen molar-refractivity contribution >= 4 is 15.9 Å². The highest BCUT2D eigenvalue weighted by Crippen LogP contribution is 2.37. The largest absolute Gasteiger partial charge is 0.507 e. The van der Waals surface area contributed by atoms with E-state index in [2.05, 4.69) is 67.9 Å². The average molecular weight is 349 g/mol. The van der Waals surface area contributed by atoms with Crippen LogP contribution in [-0.2, 0) is 5.41 Å². The summed E-state index contributed by atoms with van der Waals surface area (Å²) in [6.07, 6.45) is 0. The van der Waals surface area contributed by atoms with Gasteiger partial charge in [-0.15, -0.1) is 0 Å². The number of phenols is 1. The van der Waals surface area contributed by atoms with Crippen molar-refractivity contribution in [3.05, 3.63) is 53.1 Å². The minimum atomic E-state index is 0.0793. The van der Waals surface area contributed by atoms with Crippen LogP contribution < -0.4 is 0 Å². The van der Waals surface area contributed by atoms with Gasteiger partial charge in [0.05, 0.1) is 0 Å². The van der Waals surface area contributed by atoms with Crippen molar-refractivity contribution in [2.45, 2.75) is 40.0 Å². The third-order valence-corrected chi connectivity index (χ3v) is 3.60. The molecule has 2 aromatic rings. The SMILES string of the molecule is CBr.Cc1ccccc1-c1cc(C(C)(C)C)cc(C)c1O. The molecule has 2 rings (SSSR count). The maximum atomic E-state index is 10.4. The molecule has 0 aliphatic rings. The Hall–Kier alpha value is -1.28. The monoisotopic (exact) mass is 348 g/mol. The highest BCUT2D eigenvalue weighted by Gasteiger charge is 2.18. The molecule has 0 spiro atoms.